The van der Waals surface area contributed by atoms with Gasteiger partial charge in [-0.3, -0.25) is 9.98 Å². The largest absolute Gasteiger partial charge is 0.493 e. The lowest BCUT2D eigenvalue weighted by molar-refractivity contribution is 0.177. The van der Waals surface area contributed by atoms with Crippen molar-refractivity contribution in [3.05, 3.63) is 108 Å². The summed E-state index contributed by atoms with van der Waals surface area (Å²) in [6, 6.07) is 31.3. The molecule has 0 radical (unpaired) electrons. The van der Waals surface area contributed by atoms with Gasteiger partial charge in [-0.15, -0.1) is 0 Å². The molecule has 2 aliphatic rings. The van der Waals surface area contributed by atoms with Crippen molar-refractivity contribution in [3.63, 3.8) is 0 Å². The van der Waals surface area contributed by atoms with E-state index >= 15 is 0 Å². The summed E-state index contributed by atoms with van der Waals surface area (Å²) in [6.45, 7) is 5.37. The maximum Gasteiger partial charge on any atom is 0.119 e. The molecular weight excluding hydrogens is 556 g/mol. The Balaban J connectivity index is 0.885. The van der Waals surface area contributed by atoms with E-state index in [1.807, 2.05) is 116 Å². The molecule has 2 fully saturated rings. The van der Waals surface area contributed by atoms with Crippen LogP contribution < -0.4 is 18.9 Å². The molecule has 0 aliphatic carbocycles. The Labute approximate surface area is 257 Å². The summed E-state index contributed by atoms with van der Waals surface area (Å²) in [5.74, 6) is 3.28. The molecule has 0 aromatic heterocycles. The van der Waals surface area contributed by atoms with Gasteiger partial charge in [0.25, 0.3) is 0 Å². The first-order valence-corrected chi connectivity index (χ1v) is 14.9. The second kappa shape index (κ2) is 14.7. The van der Waals surface area contributed by atoms with Crippen LogP contribution in [0.5, 0.6) is 23.0 Å². The summed E-state index contributed by atoms with van der Waals surface area (Å²) in [5.41, 5.74) is 3.72. The number of benzene rings is 4. The molecule has 2 saturated heterocycles. The van der Waals surface area contributed by atoms with Crippen LogP contribution in [-0.4, -0.2) is 63.8 Å². The fraction of sp³-hybridized carbons (Fsp3) is 0.278. The molecule has 0 bridgehead atoms. The Bertz CT molecular complexity index is 1510. The minimum atomic E-state index is 0.00645. The molecule has 6 rings (SSSR count). The Hall–Kier alpha value is -4.66. The highest BCUT2D eigenvalue weighted by Crippen LogP contribution is 2.22. The third kappa shape index (κ3) is 9.69. The first-order chi connectivity index (χ1) is 21.6. The van der Waals surface area contributed by atoms with Gasteiger partial charge in [0.2, 0.25) is 0 Å². The van der Waals surface area contributed by atoms with Crippen LogP contribution in [0, 0.1) is 0 Å². The quantitative estimate of drug-likeness (QED) is 0.103. The Morgan fingerprint density at radius 1 is 0.614 bits per heavy atom. The number of hydrogen-bond acceptors (Lipinski definition) is 8. The van der Waals surface area contributed by atoms with E-state index in [0.717, 1.165) is 65.1 Å². The first-order valence-electron chi connectivity index (χ1n) is 14.9. The van der Waals surface area contributed by atoms with Gasteiger partial charge in [0.15, 0.2) is 0 Å². The molecule has 0 spiro atoms. The molecule has 4 aromatic rings. The van der Waals surface area contributed by atoms with Crippen LogP contribution in [0.4, 0.5) is 11.4 Å². The molecule has 4 aromatic carbocycles. The van der Waals surface area contributed by atoms with Crippen LogP contribution in [0.2, 0.25) is 0 Å². The van der Waals surface area contributed by atoms with E-state index in [1.165, 1.54) is 0 Å². The monoisotopic (exact) mass is 592 g/mol. The van der Waals surface area contributed by atoms with Crippen molar-refractivity contribution in [1.82, 2.24) is 0 Å². The molecular formula is C36H36N2O6. The maximum atomic E-state index is 6.08. The van der Waals surface area contributed by atoms with Crippen molar-refractivity contribution in [2.75, 3.05) is 33.0 Å². The average Bonchev–Trinajstić information content (AvgIpc) is 3.99. The van der Waals surface area contributed by atoms with Gasteiger partial charge in [-0.25, -0.2) is 0 Å². The van der Waals surface area contributed by atoms with E-state index in [4.69, 9.17) is 28.4 Å². The summed E-state index contributed by atoms with van der Waals surface area (Å²) < 4.78 is 33.7. The molecule has 3 atom stereocenters. The topological polar surface area (TPSA) is 86.7 Å². The number of nitrogens with zero attached hydrogens (tertiary/aromatic N) is 2. The van der Waals surface area contributed by atoms with Gasteiger partial charge in [0, 0.05) is 18.9 Å². The molecule has 0 N–H and O–H groups in total. The molecule has 226 valence electrons. The maximum absolute atomic E-state index is 6.08. The van der Waals surface area contributed by atoms with Gasteiger partial charge in [0.05, 0.1) is 37.3 Å². The molecule has 2 heterocycles. The van der Waals surface area contributed by atoms with Crippen molar-refractivity contribution in [1.29, 1.82) is 0 Å². The molecule has 2 aliphatic heterocycles. The van der Waals surface area contributed by atoms with E-state index in [2.05, 4.69) is 9.98 Å². The van der Waals surface area contributed by atoms with E-state index in [0.29, 0.717) is 19.8 Å². The Morgan fingerprint density at radius 2 is 1.02 bits per heavy atom. The Morgan fingerprint density at radius 3 is 1.48 bits per heavy atom. The van der Waals surface area contributed by atoms with Gasteiger partial charge in [-0.2, -0.15) is 0 Å². The summed E-state index contributed by atoms with van der Waals surface area (Å²) in [7, 11) is 0. The molecule has 0 saturated carbocycles. The molecule has 3 unspecified atom stereocenters. The summed E-state index contributed by atoms with van der Waals surface area (Å²) in [6.07, 6.45) is 4.93. The number of aliphatic imine (C=N–C) groups is 2. The predicted molar refractivity (Wildman–Crippen MR) is 171 cm³/mol. The third-order valence-corrected chi connectivity index (χ3v) is 6.97. The average molecular weight is 593 g/mol. The second-order valence-electron chi connectivity index (χ2n) is 10.7. The normalized spacial score (nSPS) is 17.8. The van der Waals surface area contributed by atoms with Crippen LogP contribution in [0.3, 0.4) is 0 Å². The van der Waals surface area contributed by atoms with Gasteiger partial charge in [-0.1, -0.05) is 0 Å². The van der Waals surface area contributed by atoms with Crippen LogP contribution >= 0.6 is 0 Å². The third-order valence-electron chi connectivity index (χ3n) is 6.97. The van der Waals surface area contributed by atoms with Crippen molar-refractivity contribution in [2.45, 2.75) is 31.7 Å². The van der Waals surface area contributed by atoms with E-state index in [1.54, 1.807) is 0 Å². The lowest BCUT2D eigenvalue weighted by Crippen LogP contribution is -2.15. The zero-order valence-corrected chi connectivity index (χ0v) is 24.7. The highest BCUT2D eigenvalue weighted by Gasteiger charge is 2.23. The van der Waals surface area contributed by atoms with Crippen molar-refractivity contribution < 1.29 is 28.4 Å². The van der Waals surface area contributed by atoms with E-state index in [-0.39, 0.29) is 18.3 Å². The summed E-state index contributed by atoms with van der Waals surface area (Å²) in [5, 5.41) is 0. The van der Waals surface area contributed by atoms with Crippen molar-refractivity contribution >= 4 is 23.8 Å². The van der Waals surface area contributed by atoms with Gasteiger partial charge >= 0.3 is 0 Å². The number of rotatable bonds is 16. The standard InChI is InChI=1S/C36H36N2O6/c1-26(44-34-12-4-28(5-13-34)21-38-30-8-16-33(17-9-30)41-23-36-25-43-36)18-19-39-31-10-2-27(3-11-31)20-37-29-6-14-32(15-7-29)40-22-35-24-42-35/h2-17,20-21,26,35-36H,18-19,22-25H2,1H3. The van der Waals surface area contributed by atoms with E-state index < -0.39 is 0 Å². The van der Waals surface area contributed by atoms with Gasteiger partial charge in [0.1, 0.15) is 48.4 Å². The fourth-order valence-electron chi connectivity index (χ4n) is 4.18. The fourth-order valence-corrected chi connectivity index (χ4v) is 4.18. The predicted octanol–water partition coefficient (Wildman–Crippen LogP) is 6.98. The van der Waals surface area contributed by atoms with Crippen molar-refractivity contribution in [2.24, 2.45) is 9.98 Å². The van der Waals surface area contributed by atoms with Crippen LogP contribution in [0.15, 0.2) is 107 Å². The SMILES string of the molecule is CC(CCOc1ccc(C=Nc2ccc(OCC3CO3)cc2)cc1)Oc1ccc(C=Nc2ccc(OCC3CO3)cc2)cc1. The Kier molecular flexibility index (Phi) is 9.81. The van der Waals surface area contributed by atoms with Crippen LogP contribution in [0.1, 0.15) is 24.5 Å². The van der Waals surface area contributed by atoms with Crippen LogP contribution in [0.25, 0.3) is 0 Å². The molecule has 8 nitrogen and oxygen atoms in total. The van der Waals surface area contributed by atoms with Gasteiger partial charge < -0.3 is 28.4 Å². The summed E-state index contributed by atoms with van der Waals surface area (Å²) in [4.78, 5) is 9.10. The smallest absolute Gasteiger partial charge is 0.119 e. The minimum Gasteiger partial charge on any atom is -0.493 e. The number of ether oxygens (including phenoxy) is 6. The van der Waals surface area contributed by atoms with Crippen molar-refractivity contribution in [3.8, 4) is 23.0 Å². The highest BCUT2D eigenvalue weighted by atomic mass is 16.6. The number of epoxide rings is 2. The van der Waals surface area contributed by atoms with Crippen LogP contribution in [-0.2, 0) is 9.47 Å². The number of hydrogen-bond donors (Lipinski definition) is 0. The van der Waals surface area contributed by atoms with E-state index in [9.17, 15) is 0 Å². The minimum absolute atomic E-state index is 0.00645. The first kappa shape index (κ1) is 29.4. The molecule has 8 heteroatoms. The zero-order chi connectivity index (χ0) is 30.0. The lowest BCUT2D eigenvalue weighted by atomic mass is 10.2. The second-order valence-corrected chi connectivity index (χ2v) is 10.7. The van der Waals surface area contributed by atoms with Gasteiger partial charge in [-0.05, 0) is 115 Å². The lowest BCUT2D eigenvalue weighted by Gasteiger charge is -2.15. The molecule has 0 amide bonds. The zero-order valence-electron chi connectivity index (χ0n) is 24.7. The molecule has 44 heavy (non-hydrogen) atoms. The summed E-state index contributed by atoms with van der Waals surface area (Å²) >= 11 is 0. The highest BCUT2D eigenvalue weighted by molar-refractivity contribution is 5.82.